The fraction of sp³-hybridized carbons (Fsp3) is 0.571. The number of ether oxygens (including phenoxy) is 1. The van der Waals surface area contributed by atoms with Crippen LogP contribution in [0.15, 0.2) is 24.3 Å². The summed E-state index contributed by atoms with van der Waals surface area (Å²) in [6, 6.07) is -0.0359. The molecule has 0 bridgehead atoms. The first-order valence-corrected chi connectivity index (χ1v) is 7.75. The third-order valence-corrected chi connectivity index (χ3v) is 5.12. The third-order valence-electron chi connectivity index (χ3n) is 3.63. The molecule has 2 aliphatic rings. The molecular formula is C14H20N2O3S. The van der Waals surface area contributed by atoms with Crippen molar-refractivity contribution in [2.24, 2.45) is 0 Å². The maximum Gasteiger partial charge on any atom is 0.410 e. The Morgan fingerprint density at radius 2 is 2.40 bits per heavy atom. The highest BCUT2D eigenvalue weighted by atomic mass is 32.2. The van der Waals surface area contributed by atoms with Gasteiger partial charge >= 0.3 is 6.09 Å². The van der Waals surface area contributed by atoms with Crippen LogP contribution in [0.2, 0.25) is 0 Å². The van der Waals surface area contributed by atoms with Gasteiger partial charge in [-0.15, -0.1) is 11.8 Å². The van der Waals surface area contributed by atoms with Gasteiger partial charge in [0.1, 0.15) is 6.61 Å². The van der Waals surface area contributed by atoms with E-state index in [4.69, 9.17) is 4.74 Å². The Kier molecular flexibility index (Phi) is 4.75. The van der Waals surface area contributed by atoms with Gasteiger partial charge in [0, 0.05) is 6.92 Å². The summed E-state index contributed by atoms with van der Waals surface area (Å²) in [5.74, 6) is 0.483. The minimum absolute atomic E-state index is 0.0359. The van der Waals surface area contributed by atoms with Crippen molar-refractivity contribution in [2.75, 3.05) is 19.0 Å². The monoisotopic (exact) mass is 296 g/mol. The second-order valence-corrected chi connectivity index (χ2v) is 6.16. The molecule has 2 unspecified atom stereocenters. The van der Waals surface area contributed by atoms with E-state index in [0.717, 1.165) is 6.42 Å². The SMILES string of the molecule is CCC1(SCNC(C)=O)C=CC=CC1N1CCOC1=O. The Hall–Kier alpha value is -1.43. The zero-order chi connectivity index (χ0) is 14.6. The van der Waals surface area contributed by atoms with Crippen molar-refractivity contribution in [3.8, 4) is 0 Å². The average Bonchev–Trinajstić information content (AvgIpc) is 2.85. The largest absolute Gasteiger partial charge is 0.448 e. The lowest BCUT2D eigenvalue weighted by Gasteiger charge is -2.41. The molecule has 0 aromatic heterocycles. The van der Waals surface area contributed by atoms with Crippen molar-refractivity contribution < 1.29 is 14.3 Å². The van der Waals surface area contributed by atoms with E-state index in [1.54, 1.807) is 16.7 Å². The highest BCUT2D eigenvalue weighted by Crippen LogP contribution is 2.39. The number of carbonyl (C=O) groups is 2. The van der Waals surface area contributed by atoms with Crippen molar-refractivity contribution in [2.45, 2.75) is 31.1 Å². The van der Waals surface area contributed by atoms with E-state index >= 15 is 0 Å². The summed E-state index contributed by atoms with van der Waals surface area (Å²) in [6.07, 6.45) is 8.73. The quantitative estimate of drug-likeness (QED) is 0.787. The fourth-order valence-electron chi connectivity index (χ4n) is 2.51. The Morgan fingerprint density at radius 3 is 3.00 bits per heavy atom. The lowest BCUT2D eigenvalue weighted by molar-refractivity contribution is -0.118. The number of nitrogens with one attached hydrogen (secondary N) is 1. The summed E-state index contributed by atoms with van der Waals surface area (Å²) in [4.78, 5) is 24.6. The number of hydrogen-bond donors (Lipinski definition) is 1. The van der Waals surface area contributed by atoms with Crippen molar-refractivity contribution in [3.05, 3.63) is 24.3 Å². The van der Waals surface area contributed by atoms with Crippen LogP contribution in [0.5, 0.6) is 0 Å². The molecule has 1 N–H and O–H groups in total. The number of amides is 2. The van der Waals surface area contributed by atoms with Gasteiger partial charge in [-0.1, -0.05) is 31.2 Å². The number of thioether (sulfide) groups is 1. The summed E-state index contributed by atoms with van der Waals surface area (Å²) < 4.78 is 4.83. The normalized spacial score (nSPS) is 28.6. The topological polar surface area (TPSA) is 58.6 Å². The van der Waals surface area contributed by atoms with E-state index in [1.807, 2.05) is 18.2 Å². The van der Waals surface area contributed by atoms with E-state index in [0.29, 0.717) is 19.0 Å². The van der Waals surface area contributed by atoms with Crippen LogP contribution >= 0.6 is 11.8 Å². The molecule has 1 saturated heterocycles. The average molecular weight is 296 g/mol. The van der Waals surface area contributed by atoms with E-state index in [2.05, 4.69) is 18.3 Å². The van der Waals surface area contributed by atoms with Crippen LogP contribution in [0.1, 0.15) is 20.3 Å². The number of cyclic esters (lactones) is 1. The Morgan fingerprint density at radius 1 is 1.60 bits per heavy atom. The number of nitrogens with zero attached hydrogens (tertiary/aromatic N) is 1. The van der Waals surface area contributed by atoms with E-state index in [1.165, 1.54) is 6.92 Å². The van der Waals surface area contributed by atoms with Gasteiger partial charge in [-0.05, 0) is 6.42 Å². The molecule has 5 nitrogen and oxygen atoms in total. The number of rotatable bonds is 5. The predicted molar refractivity (Wildman–Crippen MR) is 79.4 cm³/mol. The Labute approximate surface area is 123 Å². The van der Waals surface area contributed by atoms with Gasteiger partial charge in [-0.2, -0.15) is 0 Å². The standard InChI is InChI=1S/C14H20N2O3S/c1-3-14(20-10-15-11(2)17)7-5-4-6-12(14)16-8-9-19-13(16)18/h4-7,12H,3,8-10H2,1-2H3,(H,15,17). The summed E-state index contributed by atoms with van der Waals surface area (Å²) in [7, 11) is 0. The van der Waals surface area contributed by atoms with Gasteiger partial charge < -0.3 is 10.1 Å². The highest BCUT2D eigenvalue weighted by Gasteiger charge is 2.42. The lowest BCUT2D eigenvalue weighted by Crippen LogP contribution is -2.50. The van der Waals surface area contributed by atoms with E-state index in [9.17, 15) is 9.59 Å². The van der Waals surface area contributed by atoms with Gasteiger partial charge in [0.25, 0.3) is 0 Å². The molecule has 1 heterocycles. The molecule has 6 heteroatoms. The minimum Gasteiger partial charge on any atom is -0.448 e. The molecule has 1 fully saturated rings. The molecule has 1 aliphatic carbocycles. The first-order chi connectivity index (χ1) is 9.59. The Balaban J connectivity index is 2.14. The van der Waals surface area contributed by atoms with Crippen LogP contribution in [0.3, 0.4) is 0 Å². The predicted octanol–water partition coefficient (Wildman–Crippen LogP) is 1.91. The number of hydrogen-bond acceptors (Lipinski definition) is 4. The van der Waals surface area contributed by atoms with Crippen molar-refractivity contribution in [1.82, 2.24) is 10.2 Å². The molecule has 0 saturated carbocycles. The van der Waals surface area contributed by atoms with Gasteiger partial charge in [0.2, 0.25) is 5.91 Å². The molecular weight excluding hydrogens is 276 g/mol. The molecule has 2 amide bonds. The first-order valence-electron chi connectivity index (χ1n) is 6.77. The van der Waals surface area contributed by atoms with Crippen LogP contribution < -0.4 is 5.32 Å². The molecule has 0 aromatic rings. The van der Waals surface area contributed by atoms with Crippen LogP contribution in [-0.4, -0.2) is 46.7 Å². The van der Waals surface area contributed by atoms with Crippen LogP contribution in [0.25, 0.3) is 0 Å². The molecule has 110 valence electrons. The molecule has 0 aromatic carbocycles. The van der Waals surface area contributed by atoms with Crippen LogP contribution in [0, 0.1) is 0 Å². The van der Waals surface area contributed by atoms with E-state index in [-0.39, 0.29) is 22.8 Å². The number of carbonyl (C=O) groups excluding carboxylic acids is 2. The van der Waals surface area contributed by atoms with Gasteiger partial charge in [-0.25, -0.2) is 4.79 Å². The summed E-state index contributed by atoms with van der Waals surface area (Å²) >= 11 is 1.65. The second kappa shape index (κ2) is 6.35. The molecule has 2 atom stereocenters. The summed E-state index contributed by atoms with van der Waals surface area (Å²) in [6.45, 7) is 4.66. The third kappa shape index (κ3) is 3.00. The molecule has 0 radical (unpaired) electrons. The molecule has 2 rings (SSSR count). The van der Waals surface area contributed by atoms with Crippen molar-refractivity contribution >= 4 is 23.8 Å². The summed E-state index contributed by atoms with van der Waals surface area (Å²) in [5.41, 5.74) is 0. The second-order valence-electron chi connectivity index (χ2n) is 4.83. The van der Waals surface area contributed by atoms with Crippen LogP contribution in [0.4, 0.5) is 4.79 Å². The molecule has 1 aliphatic heterocycles. The number of allylic oxidation sites excluding steroid dienone is 2. The van der Waals surface area contributed by atoms with Crippen molar-refractivity contribution in [1.29, 1.82) is 0 Å². The maximum atomic E-state index is 11.8. The zero-order valence-corrected chi connectivity index (χ0v) is 12.6. The van der Waals surface area contributed by atoms with Gasteiger partial charge in [0.15, 0.2) is 0 Å². The zero-order valence-electron chi connectivity index (χ0n) is 11.8. The first kappa shape index (κ1) is 15.0. The molecule has 0 spiro atoms. The maximum absolute atomic E-state index is 11.8. The summed E-state index contributed by atoms with van der Waals surface area (Å²) in [5, 5.41) is 2.81. The van der Waals surface area contributed by atoms with Gasteiger partial charge in [0.05, 0.1) is 23.2 Å². The molecule has 20 heavy (non-hydrogen) atoms. The van der Waals surface area contributed by atoms with E-state index < -0.39 is 0 Å². The Bertz CT molecular complexity index is 450. The minimum atomic E-state index is -0.257. The van der Waals surface area contributed by atoms with Gasteiger partial charge in [-0.3, -0.25) is 9.69 Å². The van der Waals surface area contributed by atoms with Crippen LogP contribution in [-0.2, 0) is 9.53 Å². The smallest absolute Gasteiger partial charge is 0.410 e. The van der Waals surface area contributed by atoms with Crippen molar-refractivity contribution in [3.63, 3.8) is 0 Å². The fourth-order valence-corrected chi connectivity index (χ4v) is 3.81. The lowest BCUT2D eigenvalue weighted by atomic mass is 9.90. The highest BCUT2D eigenvalue weighted by molar-refractivity contribution is 8.00.